The number of rotatable bonds is 6. The Bertz CT molecular complexity index is 904. The summed E-state index contributed by atoms with van der Waals surface area (Å²) < 4.78 is 0. The van der Waals surface area contributed by atoms with Gasteiger partial charge in [-0.05, 0) is 63.1 Å². The van der Waals surface area contributed by atoms with E-state index in [4.69, 9.17) is 12.7 Å². The van der Waals surface area contributed by atoms with Crippen LogP contribution >= 0.6 is 0 Å². The maximum absolute atomic E-state index is 13.5. The van der Waals surface area contributed by atoms with E-state index in [9.17, 15) is 9.59 Å². The highest BCUT2D eigenvalue weighted by atomic mass is 16.6. The van der Waals surface area contributed by atoms with E-state index in [0.717, 1.165) is 44.5 Å². The molecule has 1 saturated heterocycles. The fraction of sp³-hybridized carbons (Fsp3) is 0.643. The molecular formula is C28H47BN4O3. The summed E-state index contributed by atoms with van der Waals surface area (Å²) in [5.41, 5.74) is 5.61. The summed E-state index contributed by atoms with van der Waals surface area (Å²) in [7, 11) is 6.37. The molecule has 1 aromatic carbocycles. The third-order valence-corrected chi connectivity index (χ3v) is 7.34. The van der Waals surface area contributed by atoms with Crippen LogP contribution in [0.5, 0.6) is 0 Å². The molecule has 2 radical (unpaired) electrons. The molecule has 3 aliphatic rings. The van der Waals surface area contributed by atoms with Gasteiger partial charge in [0.2, 0.25) is 5.91 Å². The van der Waals surface area contributed by atoms with Gasteiger partial charge in [0.25, 0.3) is 5.91 Å². The first-order chi connectivity index (χ1) is 17.5. The summed E-state index contributed by atoms with van der Waals surface area (Å²) in [6, 6.07) is 4.91. The lowest BCUT2D eigenvalue weighted by molar-refractivity contribution is -0.125. The highest BCUT2D eigenvalue weighted by molar-refractivity contribution is 6.36. The van der Waals surface area contributed by atoms with Gasteiger partial charge in [-0.3, -0.25) is 9.59 Å². The smallest absolute Gasteiger partial charge is 0.252 e. The van der Waals surface area contributed by atoms with Crippen molar-refractivity contribution in [2.24, 2.45) is 5.92 Å². The fourth-order valence-electron chi connectivity index (χ4n) is 5.33. The fourth-order valence-corrected chi connectivity index (χ4v) is 5.33. The number of carbonyl (C=O) groups is 2. The van der Waals surface area contributed by atoms with E-state index in [2.05, 4.69) is 21.0 Å². The molecule has 2 aliphatic heterocycles. The van der Waals surface area contributed by atoms with E-state index in [0.29, 0.717) is 16.7 Å². The third kappa shape index (κ3) is 7.51. The molecular weight excluding hydrogens is 451 g/mol. The minimum absolute atomic E-state index is 0. The molecule has 2 heterocycles. The zero-order chi connectivity index (χ0) is 25.9. The third-order valence-electron chi connectivity index (χ3n) is 7.34. The molecule has 200 valence electrons. The number of piperidine rings is 1. The van der Waals surface area contributed by atoms with Crippen molar-refractivity contribution in [1.82, 2.24) is 10.8 Å². The van der Waals surface area contributed by atoms with E-state index >= 15 is 0 Å². The van der Waals surface area contributed by atoms with Crippen LogP contribution in [0, 0.1) is 5.92 Å². The van der Waals surface area contributed by atoms with Crippen LogP contribution in [0.4, 0.5) is 11.4 Å². The molecule has 36 heavy (non-hydrogen) atoms. The van der Waals surface area contributed by atoms with Crippen LogP contribution in [0.25, 0.3) is 0 Å². The van der Waals surface area contributed by atoms with Gasteiger partial charge in [0.15, 0.2) is 0 Å². The van der Waals surface area contributed by atoms with Gasteiger partial charge in [-0.2, -0.15) is 0 Å². The van der Waals surface area contributed by atoms with Crippen molar-refractivity contribution in [3.63, 3.8) is 0 Å². The molecule has 2 amide bonds. The summed E-state index contributed by atoms with van der Waals surface area (Å²) in [6.07, 6.45) is 12.6. The average Bonchev–Trinajstić information content (AvgIpc) is 3.30. The van der Waals surface area contributed by atoms with Crippen molar-refractivity contribution < 1.29 is 17.3 Å². The lowest BCUT2D eigenvalue weighted by Crippen LogP contribution is -2.50. The monoisotopic (exact) mass is 498 g/mol. The summed E-state index contributed by atoms with van der Waals surface area (Å²) in [6.45, 7) is 7.88. The first-order valence-electron chi connectivity index (χ1n) is 13.9. The zero-order valence-corrected chi connectivity index (χ0v) is 22.3. The summed E-state index contributed by atoms with van der Waals surface area (Å²) >= 11 is 0. The predicted octanol–water partition coefficient (Wildman–Crippen LogP) is 4.58. The largest absolute Gasteiger partial charge is 0.415 e. The second-order valence-corrected chi connectivity index (χ2v) is 9.90. The van der Waals surface area contributed by atoms with Gasteiger partial charge < -0.3 is 20.4 Å². The lowest BCUT2D eigenvalue weighted by Gasteiger charge is -2.31. The quantitative estimate of drug-likeness (QED) is 0.501. The highest BCUT2D eigenvalue weighted by Crippen LogP contribution is 2.27. The highest BCUT2D eigenvalue weighted by Gasteiger charge is 2.33. The number of anilines is 2. The minimum atomic E-state index is -0.609. The number of benzene rings is 1. The SMILES string of the molecule is CC.[B]c1cc(NC(=O)C(NC(=O)C2=CONC2C)C2CCCCCCC2)ccc1N1CCCCC1.[HH].[HH]. The molecule has 1 saturated carbocycles. The molecule has 0 aromatic heterocycles. The number of carbonyl (C=O) groups excluding carboxylic acids is 2. The Labute approximate surface area is 221 Å². The molecule has 4 rings (SSSR count). The molecule has 3 N–H and O–H groups in total. The first kappa shape index (κ1) is 28.1. The van der Waals surface area contributed by atoms with Crippen LogP contribution in [0.2, 0.25) is 0 Å². The second-order valence-electron chi connectivity index (χ2n) is 9.90. The summed E-state index contributed by atoms with van der Waals surface area (Å²) in [4.78, 5) is 33.9. The standard InChI is InChI=1S/C26H37BN4O3.C2H6.2H2/c1-18-21(17-34-30-18)25(32)29-24(19-10-6-3-2-4-7-11-19)26(33)28-20-12-13-23(22(27)16-20)31-14-8-5-9-15-31;1-2;;/h12-13,16-19,24,30H,2-11,14-15H2,1H3,(H,28,33)(H,29,32);1-2H3;2*1H. The van der Waals surface area contributed by atoms with Crippen LogP contribution in [0.3, 0.4) is 0 Å². The van der Waals surface area contributed by atoms with Crippen LogP contribution in [0.1, 0.15) is 87.8 Å². The Morgan fingerprint density at radius 2 is 1.69 bits per heavy atom. The minimum Gasteiger partial charge on any atom is -0.415 e. The molecule has 2 unspecified atom stereocenters. The normalized spacial score (nSPS) is 21.6. The van der Waals surface area contributed by atoms with Crippen molar-refractivity contribution in [2.45, 2.75) is 97.1 Å². The Balaban J connectivity index is 0.00000176. The topological polar surface area (TPSA) is 82.7 Å². The van der Waals surface area contributed by atoms with Crippen LogP contribution in [0.15, 0.2) is 30.0 Å². The van der Waals surface area contributed by atoms with Crippen molar-refractivity contribution in [1.29, 1.82) is 0 Å². The van der Waals surface area contributed by atoms with E-state index in [1.54, 1.807) is 0 Å². The molecule has 0 spiro atoms. The molecule has 1 aliphatic carbocycles. The van der Waals surface area contributed by atoms with E-state index in [1.165, 1.54) is 44.8 Å². The molecule has 2 fully saturated rings. The van der Waals surface area contributed by atoms with Gasteiger partial charge in [-0.1, -0.05) is 51.4 Å². The van der Waals surface area contributed by atoms with Crippen LogP contribution < -0.4 is 26.5 Å². The van der Waals surface area contributed by atoms with E-state index < -0.39 is 6.04 Å². The van der Waals surface area contributed by atoms with Crippen molar-refractivity contribution in [3.8, 4) is 0 Å². The van der Waals surface area contributed by atoms with Gasteiger partial charge in [0, 0.05) is 27.3 Å². The number of hydrogen-bond acceptors (Lipinski definition) is 5. The Morgan fingerprint density at radius 1 is 1.06 bits per heavy atom. The number of nitrogens with one attached hydrogen (secondary N) is 3. The number of hydrogen-bond donors (Lipinski definition) is 3. The molecule has 2 atom stereocenters. The maximum atomic E-state index is 13.5. The second kappa shape index (κ2) is 14.3. The number of hydroxylamine groups is 1. The Kier molecular flexibility index (Phi) is 11.2. The number of amides is 2. The van der Waals surface area contributed by atoms with Gasteiger partial charge in [-0.25, -0.2) is 0 Å². The summed E-state index contributed by atoms with van der Waals surface area (Å²) in [5, 5.41) is 6.06. The number of nitrogens with zero attached hydrogens (tertiary/aromatic N) is 1. The zero-order valence-electron chi connectivity index (χ0n) is 22.3. The first-order valence-corrected chi connectivity index (χ1v) is 13.9. The van der Waals surface area contributed by atoms with Gasteiger partial charge in [-0.15, -0.1) is 5.48 Å². The maximum Gasteiger partial charge on any atom is 0.252 e. The molecule has 7 nitrogen and oxygen atoms in total. The van der Waals surface area contributed by atoms with Crippen molar-refractivity contribution in [2.75, 3.05) is 23.3 Å². The summed E-state index contributed by atoms with van der Waals surface area (Å²) in [5.74, 6) is -0.357. The molecule has 0 bridgehead atoms. The van der Waals surface area contributed by atoms with Gasteiger partial charge >= 0.3 is 0 Å². The predicted molar refractivity (Wildman–Crippen MR) is 152 cm³/mol. The van der Waals surface area contributed by atoms with Crippen molar-refractivity contribution >= 4 is 36.5 Å². The van der Waals surface area contributed by atoms with E-state index in [1.807, 2.05) is 39.0 Å². The Hall–Kier alpha value is -2.48. The van der Waals surface area contributed by atoms with E-state index in [-0.39, 0.29) is 26.6 Å². The van der Waals surface area contributed by atoms with Crippen LogP contribution in [-0.4, -0.2) is 44.8 Å². The van der Waals surface area contributed by atoms with Crippen molar-refractivity contribution in [3.05, 3.63) is 30.0 Å². The lowest BCUT2D eigenvalue weighted by atomic mass is 9.85. The molecule has 1 aromatic rings. The van der Waals surface area contributed by atoms with Crippen LogP contribution in [-0.2, 0) is 14.4 Å². The molecule has 8 heteroatoms. The van der Waals surface area contributed by atoms with Gasteiger partial charge in [0.05, 0.1) is 11.6 Å². The average molecular weight is 499 g/mol. The van der Waals surface area contributed by atoms with Gasteiger partial charge in [0.1, 0.15) is 20.2 Å². The Morgan fingerprint density at radius 3 is 2.31 bits per heavy atom.